The van der Waals surface area contributed by atoms with Gasteiger partial charge in [-0.05, 0) is 80.8 Å². The predicted octanol–water partition coefficient (Wildman–Crippen LogP) is 3.61. The Balaban J connectivity index is 1.66. The molecule has 0 fully saturated rings. The Morgan fingerprint density at radius 1 is 1.03 bits per heavy atom. The van der Waals surface area contributed by atoms with Gasteiger partial charge in [-0.15, -0.1) is 0 Å². The van der Waals surface area contributed by atoms with E-state index >= 15 is 0 Å². The molecule has 0 radical (unpaired) electrons. The maximum atomic E-state index is 12.5. The highest BCUT2D eigenvalue weighted by Crippen LogP contribution is 2.24. The standard InChI is InChI=1S/C22H24N4O4S/c1-14-12-15(2)16(3)20(13-14)30-17(4)21(27)25-18-6-8-19(9-7-18)31(28,29)26-22-23-10-5-11-24-22/h5-13,17H,1-4H3,(H,25,27)(H,23,24,26)/t17-/m1/s1. The van der Waals surface area contributed by atoms with Crippen molar-refractivity contribution in [3.8, 4) is 5.75 Å². The molecular formula is C22H24N4O4S. The van der Waals surface area contributed by atoms with Gasteiger partial charge in [0.1, 0.15) is 5.75 Å². The van der Waals surface area contributed by atoms with Gasteiger partial charge in [-0.25, -0.2) is 23.1 Å². The number of ether oxygens (including phenoxy) is 1. The van der Waals surface area contributed by atoms with Crippen molar-refractivity contribution in [1.29, 1.82) is 0 Å². The summed E-state index contributed by atoms with van der Waals surface area (Å²) in [6.45, 7) is 7.57. The monoisotopic (exact) mass is 440 g/mol. The van der Waals surface area contributed by atoms with Crippen LogP contribution in [0.15, 0.2) is 59.8 Å². The number of benzene rings is 2. The molecule has 31 heavy (non-hydrogen) atoms. The van der Waals surface area contributed by atoms with E-state index in [-0.39, 0.29) is 16.8 Å². The van der Waals surface area contributed by atoms with Crippen LogP contribution in [-0.4, -0.2) is 30.4 Å². The van der Waals surface area contributed by atoms with Crippen LogP contribution < -0.4 is 14.8 Å². The molecule has 0 aliphatic heterocycles. The lowest BCUT2D eigenvalue weighted by molar-refractivity contribution is -0.122. The van der Waals surface area contributed by atoms with Crippen molar-refractivity contribution in [3.63, 3.8) is 0 Å². The van der Waals surface area contributed by atoms with Gasteiger partial charge in [0.15, 0.2) is 6.10 Å². The van der Waals surface area contributed by atoms with Gasteiger partial charge in [0.05, 0.1) is 4.90 Å². The van der Waals surface area contributed by atoms with E-state index in [0.717, 1.165) is 16.7 Å². The molecular weight excluding hydrogens is 416 g/mol. The topological polar surface area (TPSA) is 110 Å². The average molecular weight is 441 g/mol. The van der Waals surface area contributed by atoms with Crippen molar-refractivity contribution in [2.24, 2.45) is 0 Å². The van der Waals surface area contributed by atoms with Gasteiger partial charge in [-0.1, -0.05) is 6.07 Å². The number of rotatable bonds is 7. The molecule has 1 atom stereocenters. The minimum Gasteiger partial charge on any atom is -0.481 e. The van der Waals surface area contributed by atoms with E-state index in [1.165, 1.54) is 36.7 Å². The van der Waals surface area contributed by atoms with Crippen LogP contribution >= 0.6 is 0 Å². The van der Waals surface area contributed by atoms with Crippen LogP contribution in [0.4, 0.5) is 11.6 Å². The van der Waals surface area contributed by atoms with Gasteiger partial charge in [0, 0.05) is 18.1 Å². The number of amides is 1. The molecule has 1 amide bonds. The maximum absolute atomic E-state index is 12.5. The smallest absolute Gasteiger partial charge is 0.265 e. The van der Waals surface area contributed by atoms with Gasteiger partial charge < -0.3 is 10.1 Å². The van der Waals surface area contributed by atoms with Crippen molar-refractivity contribution in [3.05, 3.63) is 71.5 Å². The second-order valence-corrected chi connectivity index (χ2v) is 8.84. The Hall–Kier alpha value is -3.46. The number of carbonyl (C=O) groups excluding carboxylic acids is 1. The number of nitrogens with zero attached hydrogens (tertiary/aromatic N) is 2. The number of hydrogen-bond acceptors (Lipinski definition) is 6. The SMILES string of the molecule is Cc1cc(C)c(C)c(O[C@H](C)C(=O)Nc2ccc(S(=O)(=O)Nc3ncccn3)cc2)c1. The zero-order valence-corrected chi connectivity index (χ0v) is 18.5. The molecule has 9 heteroatoms. The van der Waals surface area contributed by atoms with E-state index in [1.807, 2.05) is 26.8 Å². The molecule has 0 spiro atoms. The molecule has 2 N–H and O–H groups in total. The van der Waals surface area contributed by atoms with Gasteiger partial charge in [0.2, 0.25) is 5.95 Å². The second kappa shape index (κ2) is 9.13. The third-order valence-corrected chi connectivity index (χ3v) is 6.00. The molecule has 0 saturated heterocycles. The lowest BCUT2D eigenvalue weighted by Gasteiger charge is -2.18. The molecule has 0 aliphatic rings. The third kappa shape index (κ3) is 5.58. The van der Waals surface area contributed by atoms with E-state index in [0.29, 0.717) is 11.4 Å². The first-order valence-corrected chi connectivity index (χ1v) is 11.1. The van der Waals surface area contributed by atoms with Crippen molar-refractivity contribution >= 4 is 27.6 Å². The number of aromatic nitrogens is 2. The van der Waals surface area contributed by atoms with Crippen LogP contribution in [0.5, 0.6) is 5.75 Å². The molecule has 0 unspecified atom stereocenters. The Morgan fingerprint density at radius 3 is 2.32 bits per heavy atom. The summed E-state index contributed by atoms with van der Waals surface area (Å²) >= 11 is 0. The summed E-state index contributed by atoms with van der Waals surface area (Å²) in [4.78, 5) is 20.2. The summed E-state index contributed by atoms with van der Waals surface area (Å²) in [6, 6.07) is 11.3. The van der Waals surface area contributed by atoms with E-state index in [2.05, 4.69) is 26.1 Å². The highest BCUT2D eigenvalue weighted by molar-refractivity contribution is 7.92. The first kappa shape index (κ1) is 22.2. The number of anilines is 2. The normalized spacial score (nSPS) is 12.1. The van der Waals surface area contributed by atoms with Crippen molar-refractivity contribution < 1.29 is 17.9 Å². The Kier molecular flexibility index (Phi) is 6.55. The van der Waals surface area contributed by atoms with Gasteiger partial charge in [0.25, 0.3) is 15.9 Å². The molecule has 3 aromatic rings. The average Bonchev–Trinajstić information content (AvgIpc) is 2.72. The van der Waals surface area contributed by atoms with Crippen molar-refractivity contribution in [2.45, 2.75) is 38.7 Å². The summed E-state index contributed by atoms with van der Waals surface area (Å²) in [7, 11) is -3.84. The van der Waals surface area contributed by atoms with E-state index < -0.39 is 16.1 Å². The molecule has 162 valence electrons. The minimum absolute atomic E-state index is 0.0208. The number of hydrogen-bond donors (Lipinski definition) is 2. The quantitative estimate of drug-likeness (QED) is 0.581. The van der Waals surface area contributed by atoms with Crippen LogP contribution in [-0.2, 0) is 14.8 Å². The molecule has 8 nitrogen and oxygen atoms in total. The Bertz CT molecular complexity index is 1180. The van der Waals surface area contributed by atoms with Gasteiger partial charge >= 0.3 is 0 Å². The van der Waals surface area contributed by atoms with Crippen LogP contribution in [0.2, 0.25) is 0 Å². The summed E-state index contributed by atoms with van der Waals surface area (Å²) in [6.07, 6.45) is 2.14. The predicted molar refractivity (Wildman–Crippen MR) is 119 cm³/mol. The maximum Gasteiger partial charge on any atom is 0.265 e. The minimum atomic E-state index is -3.84. The lowest BCUT2D eigenvalue weighted by atomic mass is 10.1. The molecule has 1 aromatic heterocycles. The molecule has 0 aliphatic carbocycles. The van der Waals surface area contributed by atoms with Crippen LogP contribution in [0.1, 0.15) is 23.6 Å². The first-order valence-electron chi connectivity index (χ1n) is 9.61. The van der Waals surface area contributed by atoms with Crippen molar-refractivity contribution in [1.82, 2.24) is 9.97 Å². The Morgan fingerprint density at radius 2 is 1.68 bits per heavy atom. The van der Waals surface area contributed by atoms with Gasteiger partial charge in [-0.3, -0.25) is 4.79 Å². The fraction of sp³-hybridized carbons (Fsp3) is 0.227. The zero-order chi connectivity index (χ0) is 22.6. The highest BCUT2D eigenvalue weighted by atomic mass is 32.2. The number of sulfonamides is 1. The van der Waals surface area contributed by atoms with Crippen LogP contribution in [0.25, 0.3) is 0 Å². The van der Waals surface area contributed by atoms with Gasteiger partial charge in [-0.2, -0.15) is 0 Å². The zero-order valence-electron chi connectivity index (χ0n) is 17.7. The second-order valence-electron chi connectivity index (χ2n) is 7.16. The van der Waals surface area contributed by atoms with Crippen LogP contribution in [0, 0.1) is 20.8 Å². The molecule has 0 saturated carbocycles. The molecule has 2 aromatic carbocycles. The largest absolute Gasteiger partial charge is 0.481 e. The number of carbonyl (C=O) groups is 1. The summed E-state index contributed by atoms with van der Waals surface area (Å²) < 4.78 is 33.0. The first-order chi connectivity index (χ1) is 14.7. The molecule has 0 bridgehead atoms. The fourth-order valence-corrected chi connectivity index (χ4v) is 3.82. The van der Waals surface area contributed by atoms with Crippen LogP contribution in [0.3, 0.4) is 0 Å². The van der Waals surface area contributed by atoms with Crippen molar-refractivity contribution in [2.75, 3.05) is 10.0 Å². The number of nitrogens with one attached hydrogen (secondary N) is 2. The summed E-state index contributed by atoms with van der Waals surface area (Å²) in [5.74, 6) is 0.299. The van der Waals surface area contributed by atoms with E-state index in [4.69, 9.17) is 4.74 Å². The van der Waals surface area contributed by atoms with E-state index in [1.54, 1.807) is 13.0 Å². The third-order valence-electron chi connectivity index (χ3n) is 4.66. The number of aryl methyl sites for hydroxylation is 2. The summed E-state index contributed by atoms with van der Waals surface area (Å²) in [5.41, 5.74) is 3.58. The molecule has 1 heterocycles. The fourth-order valence-electron chi connectivity index (χ4n) is 2.86. The molecule has 3 rings (SSSR count). The summed E-state index contributed by atoms with van der Waals surface area (Å²) in [5, 5.41) is 2.74. The highest BCUT2D eigenvalue weighted by Gasteiger charge is 2.18. The Labute approximate surface area is 181 Å². The lowest BCUT2D eigenvalue weighted by Crippen LogP contribution is -2.30. The van der Waals surface area contributed by atoms with E-state index in [9.17, 15) is 13.2 Å².